The molecule has 3 N–H and O–H groups in total. The first-order chi connectivity index (χ1) is 15.7. The topological polar surface area (TPSA) is 105 Å². The van der Waals surface area contributed by atoms with E-state index in [0.29, 0.717) is 23.4 Å². The number of nitriles is 1. The van der Waals surface area contributed by atoms with E-state index < -0.39 is 11.5 Å². The van der Waals surface area contributed by atoms with Gasteiger partial charge in [-0.1, -0.05) is 45.0 Å². The summed E-state index contributed by atoms with van der Waals surface area (Å²) in [7, 11) is 0. The summed E-state index contributed by atoms with van der Waals surface area (Å²) in [6.07, 6.45) is 2.06. The second-order valence-electron chi connectivity index (χ2n) is 9.55. The van der Waals surface area contributed by atoms with Gasteiger partial charge in [0, 0.05) is 23.7 Å². The number of carbonyl (C=O) groups excluding carboxylic acids is 2. The van der Waals surface area contributed by atoms with Crippen molar-refractivity contribution in [2.75, 3.05) is 11.9 Å². The number of aliphatic hydroxyl groups excluding tert-OH is 1. The predicted octanol–water partition coefficient (Wildman–Crippen LogP) is 4.34. The number of urea groups is 1. The number of aliphatic hydroxyl groups is 1. The number of hydrogen-bond donors (Lipinski definition) is 3. The van der Waals surface area contributed by atoms with Crippen LogP contribution in [0.2, 0.25) is 0 Å². The smallest absolute Gasteiger partial charge is 0.322 e. The summed E-state index contributed by atoms with van der Waals surface area (Å²) in [5.41, 5.74) is 2.36. The second kappa shape index (κ2) is 10.5. The highest BCUT2D eigenvalue weighted by atomic mass is 16.3. The lowest BCUT2D eigenvalue weighted by Gasteiger charge is -2.38. The van der Waals surface area contributed by atoms with Crippen molar-refractivity contribution in [3.63, 3.8) is 0 Å². The first-order valence-electron chi connectivity index (χ1n) is 11.3. The maximum Gasteiger partial charge on any atom is 0.322 e. The minimum atomic E-state index is -0.835. The van der Waals surface area contributed by atoms with Gasteiger partial charge in [0.05, 0.1) is 24.3 Å². The molecule has 1 fully saturated rings. The summed E-state index contributed by atoms with van der Waals surface area (Å²) in [5, 5.41) is 25.5. The van der Waals surface area contributed by atoms with Crippen molar-refractivity contribution < 1.29 is 14.7 Å². The number of carbonyl (C=O) groups is 2. The van der Waals surface area contributed by atoms with Gasteiger partial charge in [-0.3, -0.25) is 4.79 Å². The molecule has 0 saturated heterocycles. The zero-order valence-corrected chi connectivity index (χ0v) is 19.5. The summed E-state index contributed by atoms with van der Waals surface area (Å²) in [6.45, 7) is 6.21. The molecular formula is C26H32N4O3. The maximum atomic E-state index is 13.0. The van der Waals surface area contributed by atoms with Crippen LogP contribution in [0, 0.1) is 16.7 Å². The van der Waals surface area contributed by atoms with Crippen molar-refractivity contribution in [3.8, 4) is 6.07 Å². The number of hydrogen-bond acceptors (Lipinski definition) is 4. The number of rotatable bonds is 7. The van der Waals surface area contributed by atoms with Gasteiger partial charge in [-0.25, -0.2) is 4.79 Å². The lowest BCUT2D eigenvalue weighted by Crippen LogP contribution is -2.48. The minimum Gasteiger partial charge on any atom is -0.387 e. The molecule has 0 unspecified atom stereocenters. The zero-order chi connectivity index (χ0) is 24.0. The molecule has 33 heavy (non-hydrogen) atoms. The minimum absolute atomic E-state index is 0.0168. The second-order valence-corrected chi connectivity index (χ2v) is 9.55. The summed E-state index contributed by atoms with van der Waals surface area (Å²) in [5.74, 6) is -0.0168. The Morgan fingerprint density at radius 2 is 1.76 bits per heavy atom. The van der Waals surface area contributed by atoms with Gasteiger partial charge in [0.1, 0.15) is 0 Å². The number of benzene rings is 2. The summed E-state index contributed by atoms with van der Waals surface area (Å²) < 4.78 is 0. The van der Waals surface area contributed by atoms with Crippen LogP contribution in [0.4, 0.5) is 10.5 Å². The lowest BCUT2D eigenvalue weighted by atomic mass is 9.91. The van der Waals surface area contributed by atoms with Gasteiger partial charge in [0.15, 0.2) is 0 Å². The van der Waals surface area contributed by atoms with Crippen LogP contribution < -0.4 is 10.6 Å². The molecule has 3 rings (SSSR count). The Labute approximate surface area is 195 Å². The van der Waals surface area contributed by atoms with Crippen LogP contribution in [0.1, 0.15) is 62.8 Å². The quantitative estimate of drug-likeness (QED) is 0.586. The Hall–Kier alpha value is -3.37. The highest BCUT2D eigenvalue weighted by molar-refractivity contribution is 5.89. The van der Waals surface area contributed by atoms with E-state index in [0.717, 1.165) is 24.8 Å². The molecule has 174 valence electrons. The van der Waals surface area contributed by atoms with E-state index in [1.54, 1.807) is 29.2 Å². The highest BCUT2D eigenvalue weighted by Crippen LogP contribution is 2.28. The van der Waals surface area contributed by atoms with Crippen LogP contribution in [-0.2, 0) is 11.3 Å². The molecule has 1 saturated carbocycles. The predicted molar refractivity (Wildman–Crippen MR) is 127 cm³/mol. The molecule has 0 bridgehead atoms. The molecule has 1 aliphatic carbocycles. The zero-order valence-electron chi connectivity index (χ0n) is 19.5. The van der Waals surface area contributed by atoms with Crippen LogP contribution in [0.25, 0.3) is 0 Å². The number of amides is 3. The SMILES string of the molecule is CC(C)(C)C(=O)NCc1ccc(NC(=O)N(C[C@@H](O)c2ccc(C#N)cc2)C2CCC2)cc1. The van der Waals surface area contributed by atoms with Crippen LogP contribution in [0.3, 0.4) is 0 Å². The number of nitrogens with one attached hydrogen (secondary N) is 2. The van der Waals surface area contributed by atoms with Crippen LogP contribution in [0.15, 0.2) is 48.5 Å². The number of anilines is 1. The van der Waals surface area contributed by atoms with Crippen molar-refractivity contribution in [1.82, 2.24) is 10.2 Å². The molecule has 2 aromatic carbocycles. The van der Waals surface area contributed by atoms with E-state index in [-0.39, 0.29) is 24.5 Å². The van der Waals surface area contributed by atoms with E-state index in [2.05, 4.69) is 16.7 Å². The van der Waals surface area contributed by atoms with Gasteiger partial charge in [-0.2, -0.15) is 5.26 Å². The molecule has 7 heteroatoms. The summed E-state index contributed by atoms with van der Waals surface area (Å²) in [6, 6.07) is 16.1. The molecule has 2 aromatic rings. The van der Waals surface area contributed by atoms with E-state index in [9.17, 15) is 14.7 Å². The third-order valence-electron chi connectivity index (χ3n) is 5.91. The van der Waals surface area contributed by atoms with E-state index in [4.69, 9.17) is 5.26 Å². The van der Waals surface area contributed by atoms with Gasteiger partial charge in [-0.05, 0) is 54.7 Å². The first kappa shape index (κ1) is 24.3. The van der Waals surface area contributed by atoms with Crippen LogP contribution in [0.5, 0.6) is 0 Å². The number of nitrogens with zero attached hydrogens (tertiary/aromatic N) is 2. The van der Waals surface area contributed by atoms with Crippen molar-refractivity contribution >= 4 is 17.6 Å². The molecule has 0 heterocycles. The Morgan fingerprint density at radius 1 is 1.12 bits per heavy atom. The normalized spacial score (nSPS) is 14.5. The highest BCUT2D eigenvalue weighted by Gasteiger charge is 2.30. The van der Waals surface area contributed by atoms with Crippen LogP contribution in [-0.4, -0.2) is 34.5 Å². The van der Waals surface area contributed by atoms with Gasteiger partial charge in [0.2, 0.25) is 5.91 Å². The third-order valence-corrected chi connectivity index (χ3v) is 5.91. The van der Waals surface area contributed by atoms with Crippen LogP contribution >= 0.6 is 0 Å². The average Bonchev–Trinajstić information content (AvgIpc) is 2.76. The van der Waals surface area contributed by atoms with Gasteiger partial charge >= 0.3 is 6.03 Å². The molecule has 0 radical (unpaired) electrons. The largest absolute Gasteiger partial charge is 0.387 e. The molecular weight excluding hydrogens is 416 g/mol. The molecule has 7 nitrogen and oxygen atoms in total. The fourth-order valence-corrected chi connectivity index (χ4v) is 3.52. The molecule has 0 aliphatic heterocycles. The molecule has 1 atom stereocenters. The third kappa shape index (κ3) is 6.56. The first-order valence-corrected chi connectivity index (χ1v) is 11.3. The van der Waals surface area contributed by atoms with Crippen molar-refractivity contribution in [1.29, 1.82) is 5.26 Å². The fourth-order valence-electron chi connectivity index (χ4n) is 3.52. The van der Waals surface area contributed by atoms with Crippen molar-refractivity contribution in [2.45, 2.75) is 58.7 Å². The Kier molecular flexibility index (Phi) is 7.72. The monoisotopic (exact) mass is 448 g/mol. The summed E-state index contributed by atoms with van der Waals surface area (Å²) in [4.78, 5) is 26.8. The Bertz CT molecular complexity index is 1000. The van der Waals surface area contributed by atoms with E-state index in [1.807, 2.05) is 45.0 Å². The molecule has 3 amide bonds. The maximum absolute atomic E-state index is 13.0. The standard InChI is InChI=1S/C26H32N4O3/c1-26(2,3)24(32)28-16-19-9-13-21(14-10-19)29-25(33)30(22-5-4-6-22)17-23(31)20-11-7-18(15-27)8-12-20/h7-14,22-23,31H,4-6,16-17H2,1-3H3,(H,28,32)(H,29,33)/t23-/m1/s1. The van der Waals surface area contributed by atoms with E-state index >= 15 is 0 Å². The molecule has 0 aromatic heterocycles. The Morgan fingerprint density at radius 3 is 2.27 bits per heavy atom. The van der Waals surface area contributed by atoms with Gasteiger partial charge < -0.3 is 20.6 Å². The summed E-state index contributed by atoms with van der Waals surface area (Å²) >= 11 is 0. The van der Waals surface area contributed by atoms with Crippen molar-refractivity contribution in [3.05, 3.63) is 65.2 Å². The van der Waals surface area contributed by atoms with E-state index in [1.165, 1.54) is 0 Å². The van der Waals surface area contributed by atoms with Crippen molar-refractivity contribution in [2.24, 2.45) is 5.41 Å². The lowest BCUT2D eigenvalue weighted by molar-refractivity contribution is -0.128. The molecule has 0 spiro atoms. The van der Waals surface area contributed by atoms with Gasteiger partial charge in [0.25, 0.3) is 0 Å². The Balaban J connectivity index is 1.60. The fraction of sp³-hybridized carbons (Fsp3) is 0.423. The van der Waals surface area contributed by atoms with Gasteiger partial charge in [-0.15, -0.1) is 0 Å². The molecule has 1 aliphatic rings. The average molecular weight is 449 g/mol.